The monoisotopic (exact) mass is 392 g/mol. The molecule has 0 heterocycles. The van der Waals surface area contributed by atoms with Gasteiger partial charge in [0.15, 0.2) is 5.78 Å². The number of phenolic OH excluding ortho intramolecular Hbond substituents is 1. The molecule has 3 aliphatic rings. The molecule has 3 heteroatoms. The zero-order valence-corrected chi connectivity index (χ0v) is 16.9. The molecule has 2 nitrogen and oxygen atoms in total. The second-order valence-corrected chi connectivity index (χ2v) is 9.45. The van der Waals surface area contributed by atoms with Gasteiger partial charge < -0.3 is 5.11 Å². The first kappa shape index (κ1) is 18.0. The molecular formula is C25H25ClO2. The smallest absolute Gasteiger partial charge is 0.165 e. The van der Waals surface area contributed by atoms with Crippen molar-refractivity contribution in [2.24, 2.45) is 17.3 Å². The predicted octanol–water partition coefficient (Wildman–Crippen LogP) is 6.16. The van der Waals surface area contributed by atoms with Gasteiger partial charge in [0.05, 0.1) is 0 Å². The second kappa shape index (κ2) is 6.49. The summed E-state index contributed by atoms with van der Waals surface area (Å²) in [5.74, 6) is 2.20. The third kappa shape index (κ3) is 2.73. The third-order valence-corrected chi connectivity index (χ3v) is 7.81. The van der Waals surface area contributed by atoms with Crippen LogP contribution < -0.4 is 0 Å². The summed E-state index contributed by atoms with van der Waals surface area (Å²) in [6, 6.07) is 13.6. The van der Waals surface area contributed by atoms with Crippen molar-refractivity contribution in [1.82, 2.24) is 0 Å². The molecule has 2 aromatic carbocycles. The van der Waals surface area contributed by atoms with Gasteiger partial charge in [-0.15, -0.1) is 0 Å². The molecule has 2 fully saturated rings. The summed E-state index contributed by atoms with van der Waals surface area (Å²) >= 11 is 6.00. The Hall–Kier alpha value is -2.06. The molecule has 0 saturated heterocycles. The van der Waals surface area contributed by atoms with Gasteiger partial charge in [0.2, 0.25) is 0 Å². The molecule has 0 aromatic heterocycles. The molecule has 1 N–H and O–H groups in total. The Kier molecular flexibility index (Phi) is 4.17. The minimum atomic E-state index is -0.228. The molecule has 2 saturated carbocycles. The average Bonchev–Trinajstić information content (AvgIpc) is 2.94. The maximum absolute atomic E-state index is 13.4. The summed E-state index contributed by atoms with van der Waals surface area (Å²) in [7, 11) is 0. The fraction of sp³-hybridized carbons (Fsp3) is 0.400. The van der Waals surface area contributed by atoms with Crippen LogP contribution in [0.2, 0.25) is 5.02 Å². The van der Waals surface area contributed by atoms with Crippen LogP contribution in [0.1, 0.15) is 55.2 Å². The first-order chi connectivity index (χ1) is 13.5. The highest BCUT2D eigenvalue weighted by Crippen LogP contribution is 2.60. The number of phenols is 1. The normalized spacial score (nSPS) is 32.7. The second-order valence-electron chi connectivity index (χ2n) is 9.01. The van der Waals surface area contributed by atoms with Crippen LogP contribution in [0.3, 0.4) is 0 Å². The van der Waals surface area contributed by atoms with E-state index >= 15 is 0 Å². The molecule has 2 aromatic rings. The van der Waals surface area contributed by atoms with Gasteiger partial charge in [-0.1, -0.05) is 36.7 Å². The number of aromatic hydroxyl groups is 1. The number of ketones is 1. The number of halogens is 1. The van der Waals surface area contributed by atoms with E-state index in [2.05, 4.69) is 19.1 Å². The zero-order chi connectivity index (χ0) is 19.5. The molecule has 0 unspecified atom stereocenters. The summed E-state index contributed by atoms with van der Waals surface area (Å²) in [4.78, 5) is 13.4. The van der Waals surface area contributed by atoms with Crippen LogP contribution in [0.4, 0.5) is 0 Å². The Morgan fingerprint density at radius 2 is 1.93 bits per heavy atom. The van der Waals surface area contributed by atoms with Crippen molar-refractivity contribution in [3.05, 3.63) is 69.8 Å². The number of aryl methyl sites for hydroxylation is 1. The van der Waals surface area contributed by atoms with Crippen LogP contribution in [0.5, 0.6) is 5.75 Å². The molecule has 0 radical (unpaired) electrons. The fourth-order valence-electron chi connectivity index (χ4n) is 6.13. The van der Waals surface area contributed by atoms with Gasteiger partial charge in [-0.25, -0.2) is 0 Å². The number of hydrogen-bond acceptors (Lipinski definition) is 2. The number of hydrogen-bond donors (Lipinski definition) is 1. The van der Waals surface area contributed by atoms with Crippen molar-refractivity contribution >= 4 is 23.5 Å². The zero-order valence-electron chi connectivity index (χ0n) is 16.1. The summed E-state index contributed by atoms with van der Waals surface area (Å²) in [5.41, 5.74) is 4.50. The van der Waals surface area contributed by atoms with Crippen LogP contribution in [0.15, 0.2) is 48.0 Å². The molecule has 3 aliphatic carbocycles. The van der Waals surface area contributed by atoms with Gasteiger partial charge in [0.25, 0.3) is 0 Å². The predicted molar refractivity (Wildman–Crippen MR) is 113 cm³/mol. The van der Waals surface area contributed by atoms with Crippen molar-refractivity contribution in [1.29, 1.82) is 0 Å². The Morgan fingerprint density at radius 3 is 2.71 bits per heavy atom. The minimum absolute atomic E-state index is 0.228. The minimum Gasteiger partial charge on any atom is -0.508 e. The number of carbonyl (C=O) groups is 1. The van der Waals surface area contributed by atoms with Gasteiger partial charge in [-0.05, 0) is 102 Å². The van der Waals surface area contributed by atoms with Crippen LogP contribution in [-0.4, -0.2) is 10.9 Å². The molecule has 5 rings (SSSR count). The number of Topliss-reactive ketones (excluding diaryl/α,β-unsaturated/α-hetero) is 1. The fourth-order valence-corrected chi connectivity index (χ4v) is 6.25. The van der Waals surface area contributed by atoms with Gasteiger partial charge in [-0.3, -0.25) is 4.79 Å². The summed E-state index contributed by atoms with van der Waals surface area (Å²) in [6.45, 7) is 2.20. The van der Waals surface area contributed by atoms with Crippen molar-refractivity contribution < 1.29 is 9.90 Å². The largest absolute Gasteiger partial charge is 0.508 e. The van der Waals surface area contributed by atoms with E-state index in [4.69, 9.17) is 11.6 Å². The average molecular weight is 393 g/mol. The molecule has 4 atom stereocenters. The lowest BCUT2D eigenvalue weighted by Crippen LogP contribution is -2.42. The van der Waals surface area contributed by atoms with Crippen molar-refractivity contribution in [2.45, 2.75) is 44.9 Å². The lowest BCUT2D eigenvalue weighted by Gasteiger charge is -2.48. The number of allylic oxidation sites excluding steroid dienone is 1. The quantitative estimate of drug-likeness (QED) is 0.589. The van der Waals surface area contributed by atoms with Crippen LogP contribution >= 0.6 is 11.6 Å². The number of benzene rings is 2. The molecule has 0 bridgehead atoms. The Bertz CT molecular complexity index is 975. The maximum atomic E-state index is 13.4. The first-order valence-corrected chi connectivity index (χ1v) is 10.7. The van der Waals surface area contributed by atoms with Gasteiger partial charge in [-0.2, -0.15) is 0 Å². The van der Waals surface area contributed by atoms with E-state index in [1.165, 1.54) is 11.1 Å². The number of fused-ring (bicyclic) bond motifs is 5. The first-order valence-electron chi connectivity index (χ1n) is 10.3. The topological polar surface area (TPSA) is 37.3 Å². The highest BCUT2D eigenvalue weighted by atomic mass is 35.5. The Labute approximate surface area is 171 Å². The van der Waals surface area contributed by atoms with E-state index < -0.39 is 0 Å². The van der Waals surface area contributed by atoms with Crippen molar-refractivity contribution in [3.8, 4) is 5.75 Å². The highest BCUT2D eigenvalue weighted by Gasteiger charge is 2.56. The molecular weight excluding hydrogens is 368 g/mol. The number of carbonyl (C=O) groups excluding carboxylic acids is 1. The van der Waals surface area contributed by atoms with E-state index in [9.17, 15) is 9.90 Å². The van der Waals surface area contributed by atoms with Crippen molar-refractivity contribution in [3.63, 3.8) is 0 Å². The molecule has 0 aliphatic heterocycles. The molecule has 0 amide bonds. The van der Waals surface area contributed by atoms with E-state index in [1.807, 2.05) is 36.4 Å². The van der Waals surface area contributed by atoms with Gasteiger partial charge in [0.1, 0.15) is 5.75 Å². The highest BCUT2D eigenvalue weighted by molar-refractivity contribution is 6.30. The molecule has 28 heavy (non-hydrogen) atoms. The van der Waals surface area contributed by atoms with Crippen LogP contribution in [-0.2, 0) is 11.2 Å². The SMILES string of the molecule is C[C@@]12CC[C@H]3c4ccc(O)cc4CC[C@H]3[C@@H]1C/C(=C/c1ccc(Cl)cc1)C2=O. The summed E-state index contributed by atoms with van der Waals surface area (Å²) in [6.07, 6.45) is 7.09. The van der Waals surface area contributed by atoms with E-state index in [0.29, 0.717) is 29.3 Å². The van der Waals surface area contributed by atoms with E-state index in [-0.39, 0.29) is 5.41 Å². The third-order valence-electron chi connectivity index (χ3n) is 7.56. The van der Waals surface area contributed by atoms with Gasteiger partial charge in [0, 0.05) is 10.4 Å². The molecule has 144 valence electrons. The van der Waals surface area contributed by atoms with Crippen LogP contribution in [0, 0.1) is 17.3 Å². The lowest BCUT2D eigenvalue weighted by atomic mass is 9.55. The van der Waals surface area contributed by atoms with Crippen LogP contribution in [0.25, 0.3) is 6.08 Å². The standard InChI is InChI=1S/C25H25ClO2/c1-25-11-10-21-20-9-7-19(27)13-16(20)4-8-22(21)23(25)14-17(24(25)28)12-15-2-5-18(26)6-3-15/h2-3,5-7,9,12-13,21-23,27H,4,8,10-11,14H2,1H3/b17-12-/t21-,22+,23-,25+/m0/s1. The maximum Gasteiger partial charge on any atom is 0.165 e. The van der Waals surface area contributed by atoms with E-state index in [0.717, 1.165) is 48.3 Å². The van der Waals surface area contributed by atoms with Gasteiger partial charge >= 0.3 is 0 Å². The Balaban J connectivity index is 1.48. The van der Waals surface area contributed by atoms with Crippen molar-refractivity contribution in [2.75, 3.05) is 0 Å². The number of rotatable bonds is 1. The summed E-state index contributed by atoms with van der Waals surface area (Å²) in [5, 5.41) is 10.6. The summed E-state index contributed by atoms with van der Waals surface area (Å²) < 4.78 is 0. The Morgan fingerprint density at radius 1 is 1.14 bits per heavy atom. The molecule has 0 spiro atoms. The van der Waals surface area contributed by atoms with E-state index in [1.54, 1.807) is 0 Å². The lowest BCUT2D eigenvalue weighted by molar-refractivity contribution is -0.127.